The highest BCUT2D eigenvalue weighted by Gasteiger charge is 2.42. The van der Waals surface area contributed by atoms with E-state index >= 15 is 0 Å². The van der Waals surface area contributed by atoms with E-state index in [4.69, 9.17) is 22.9 Å². The summed E-state index contributed by atoms with van der Waals surface area (Å²) < 4.78 is 0. The Kier molecular flexibility index (Phi) is 58.1. The summed E-state index contributed by atoms with van der Waals surface area (Å²) in [5.74, 6) is -21.2. The average molecular weight is 2170 g/mol. The number of unbranched alkanes of at least 4 members (excludes halogenated alkanes) is 2. The Morgan fingerprint density at radius 2 is 0.767 bits per heavy atom. The van der Waals surface area contributed by atoms with Gasteiger partial charge < -0.3 is 139 Å². The summed E-state index contributed by atoms with van der Waals surface area (Å²) in [5, 5.41) is 60.1. The summed E-state index contributed by atoms with van der Waals surface area (Å²) in [6, 6.07) is -1.96. The number of likely N-dealkylation sites (tertiary alicyclic amines) is 1. The van der Waals surface area contributed by atoms with Crippen molar-refractivity contribution in [3.63, 3.8) is 0 Å². The minimum atomic E-state index is -1.82. The Balaban J connectivity index is 1.36. The van der Waals surface area contributed by atoms with Crippen LogP contribution in [0.1, 0.15) is 163 Å². The molecule has 29 N–H and O–H groups in total. The fraction of sp³-hybridized carbons (Fsp3) is 0.551. The number of nitrogens with one attached hydrogen (secondary N) is 20. The molecule has 1 aliphatic rings. The van der Waals surface area contributed by atoms with Gasteiger partial charge in [-0.3, -0.25) is 105 Å². The first kappa shape index (κ1) is 129. The molecule has 3 aromatic carbocycles. The monoisotopic (exact) mass is 2170 g/mol. The van der Waals surface area contributed by atoms with E-state index in [0.29, 0.717) is 48.8 Å². The molecule has 0 radical (unpaired) electrons. The number of nitrogens with zero attached hydrogens (tertiary/aromatic N) is 1. The quantitative estimate of drug-likeness (QED) is 0.0142. The second kappa shape index (κ2) is 67.6. The number of allylic oxidation sites excluding steroid dienone is 1. The van der Waals surface area contributed by atoms with Crippen LogP contribution in [0.4, 0.5) is 0 Å². The van der Waals surface area contributed by atoms with Crippen molar-refractivity contribution in [2.75, 3.05) is 55.7 Å². The smallest absolute Gasteiger partial charge is 0.267 e. The summed E-state index contributed by atoms with van der Waals surface area (Å²) in [6.07, 6.45) is 3.36. The molecular weight excluding hydrogens is 2020 g/mol. The van der Waals surface area contributed by atoms with Gasteiger partial charge in [0, 0.05) is 48.8 Å². The third-order valence-corrected chi connectivity index (χ3v) is 25.4. The first-order valence-corrected chi connectivity index (χ1v) is 52.0. The predicted octanol–water partition coefficient (Wildman–Crippen LogP) is -5.56. The number of amides is 22. The van der Waals surface area contributed by atoms with Crippen LogP contribution < -0.4 is 129 Å². The molecule has 0 aromatic heterocycles. The molecule has 0 spiro atoms. The summed E-state index contributed by atoms with van der Waals surface area (Å²) in [4.78, 5) is 304. The van der Waals surface area contributed by atoms with Crippen molar-refractivity contribution in [3.8, 4) is 5.75 Å². The lowest BCUT2D eigenvalue weighted by molar-refractivity contribution is -0.142. The summed E-state index contributed by atoms with van der Waals surface area (Å²) in [6.45, 7) is 17.9. The Morgan fingerprint density at radius 1 is 0.413 bits per heavy atom. The highest BCUT2D eigenvalue weighted by atomic mass is 32.1. The highest BCUT2D eigenvalue weighted by molar-refractivity contribution is 7.80. The van der Waals surface area contributed by atoms with Crippen LogP contribution in [-0.4, -0.2) is 304 Å². The van der Waals surface area contributed by atoms with E-state index in [1.807, 2.05) is 6.92 Å². The highest BCUT2D eigenvalue weighted by Crippen LogP contribution is 2.22. The first-order valence-electron chi connectivity index (χ1n) is 49.5. The Morgan fingerprint density at radius 3 is 1.19 bits per heavy atom. The topological polar surface area (TPSA) is 744 Å². The van der Waals surface area contributed by atoms with Crippen LogP contribution in [0.3, 0.4) is 0 Å². The van der Waals surface area contributed by atoms with Gasteiger partial charge in [0.1, 0.15) is 114 Å². The van der Waals surface area contributed by atoms with Crippen LogP contribution in [0, 0.1) is 11.8 Å². The molecule has 22 amide bonds. The third kappa shape index (κ3) is 44.8. The molecule has 52 heteroatoms. The van der Waals surface area contributed by atoms with Crippen LogP contribution in [0.25, 0.3) is 0 Å². The number of benzene rings is 3. The van der Waals surface area contributed by atoms with Crippen LogP contribution in [0.2, 0.25) is 0 Å². The van der Waals surface area contributed by atoms with Crippen LogP contribution >= 0.6 is 50.5 Å². The van der Waals surface area contributed by atoms with Gasteiger partial charge in [-0.15, -0.1) is 0 Å². The molecule has 0 aliphatic carbocycles. The standard InChI is InChI=1S/C98H149N25O23S4/c1-12-53(7)79(102)97(145)109-57(11)83(131)121-73(50-149)94(142)115-65(32-23-25-39-100)86(134)117-68(42-58-27-18-16-19-28-58)89(137)116-66(41-52(5)6)87(135)107-55(9)81(129)113-63(14-3)98(146)123-40-26-33-75(123)96(144)105-47-78(127)110-71(48-147)92(140)108-56(10)82(130)114-64(31-22-24-38-99)85(133)112-62(13-2)84(132)104-46-77(126)111-72(49-148)93(141)119-69(43-59-29-20-17-21-30-59)90(138)120-70(45-76(101)125)91(139)122-74(51-150)95(143)118-67(44-60-34-36-61(124)37-35-60)88(136)106-54(8)80(128)103-15-4/h13,15-21,27-30,34-37,52-57,63-75,79,124,147-150H,4,12,14,22-26,31-33,38-51,99-100,102H2,1-3,5-11H3,(H2,101,125)(H,103,128)(H,104,132)(H,105,144)(H,106,136)(H,107,135)(H,108,140)(H,109,145)(H,110,127)(H,111,126)(H,112,133)(H,113,129)(H,114,130)(H,115,142)(H,116,137)(H,117,134)(H,118,143)(H,119,141)(H,120,138)(H,121,131)(H,122,139)/b62-13+/t53-,54-,55-,56-,57-,63-,64-,65-,66-,67-,68-,69-,70-,71-,72-,73-,74-,75-,79-/m0/s1. The molecule has 150 heavy (non-hydrogen) atoms. The lowest BCUT2D eigenvalue weighted by Crippen LogP contribution is -2.61. The molecule has 4 rings (SSSR count). The van der Waals surface area contributed by atoms with E-state index in [1.165, 1.54) is 69.9 Å². The predicted molar refractivity (Wildman–Crippen MR) is 569 cm³/mol. The zero-order valence-electron chi connectivity index (χ0n) is 85.9. The number of primary amides is 1. The Labute approximate surface area is 893 Å². The zero-order valence-corrected chi connectivity index (χ0v) is 89.5. The molecular formula is C98H149N25O23S4. The molecule has 1 saturated heterocycles. The number of nitrogens with two attached hydrogens (primary N) is 4. The molecule has 19 atom stereocenters. The molecule has 0 bridgehead atoms. The van der Waals surface area contributed by atoms with Crippen molar-refractivity contribution in [2.45, 2.75) is 274 Å². The Hall–Kier alpha value is -13.4. The maximum absolute atomic E-state index is 14.6. The van der Waals surface area contributed by atoms with E-state index < -0.39 is 275 Å². The van der Waals surface area contributed by atoms with Crippen LogP contribution in [-0.2, 0) is 125 Å². The number of phenols is 1. The largest absolute Gasteiger partial charge is 0.508 e. The zero-order chi connectivity index (χ0) is 112. The van der Waals surface area contributed by atoms with Crippen molar-refractivity contribution >= 4 is 180 Å². The number of rotatable bonds is 66. The van der Waals surface area contributed by atoms with E-state index in [0.717, 1.165) is 6.20 Å². The number of carbonyl (C=O) groups is 22. The summed E-state index contributed by atoms with van der Waals surface area (Å²) in [5.41, 5.74) is 24.3. The second-order valence-corrected chi connectivity index (χ2v) is 37.9. The number of carbonyl (C=O) groups excluding carboxylic acids is 22. The van der Waals surface area contributed by atoms with Crippen LogP contribution in [0.15, 0.2) is 109 Å². The van der Waals surface area contributed by atoms with Crippen molar-refractivity contribution in [3.05, 3.63) is 126 Å². The fourth-order valence-corrected chi connectivity index (χ4v) is 16.0. The summed E-state index contributed by atoms with van der Waals surface area (Å²) >= 11 is 17.0. The molecule has 1 fully saturated rings. The lowest BCUT2D eigenvalue weighted by atomic mass is 9.99. The van der Waals surface area contributed by atoms with Crippen molar-refractivity contribution < 1.29 is 111 Å². The van der Waals surface area contributed by atoms with E-state index in [9.17, 15) is 111 Å². The normalized spacial score (nSPS) is 15.8. The van der Waals surface area contributed by atoms with Gasteiger partial charge in [0.25, 0.3) is 5.91 Å². The fourth-order valence-electron chi connectivity index (χ4n) is 15.0. The third-order valence-electron chi connectivity index (χ3n) is 24.0. The van der Waals surface area contributed by atoms with Gasteiger partial charge in [-0.2, -0.15) is 50.5 Å². The average Bonchev–Trinajstić information content (AvgIpc) is 1.69. The number of hydrogen-bond donors (Lipinski definition) is 29. The number of hydrogen-bond acceptors (Lipinski definition) is 30. The maximum Gasteiger partial charge on any atom is 0.267 e. The number of aromatic hydroxyl groups is 1. The molecule has 1 aliphatic heterocycles. The van der Waals surface area contributed by atoms with Gasteiger partial charge in [0.15, 0.2) is 0 Å². The molecule has 0 saturated carbocycles. The van der Waals surface area contributed by atoms with E-state index in [1.54, 1.807) is 88.4 Å². The van der Waals surface area contributed by atoms with Gasteiger partial charge in [-0.05, 0) is 159 Å². The minimum Gasteiger partial charge on any atom is -0.508 e. The van der Waals surface area contributed by atoms with Gasteiger partial charge in [-0.1, -0.05) is 126 Å². The second-order valence-electron chi connectivity index (χ2n) is 36.4. The number of phenolic OH excluding ortho intramolecular Hbond substituents is 1. The molecule has 1 heterocycles. The molecule has 828 valence electrons. The number of thiol groups is 4. The SMILES string of the molecule is C=CNC(=O)[C@H](C)NC(=O)[C@H](Cc1ccc(O)cc1)NC(=O)[C@H](CS)NC(=O)[C@H](CC(N)=O)NC(=O)[C@H](Cc1ccccc1)NC(=O)[C@H](CS)NC(=O)CNC(=O)/C(=C\C)NC(=O)[C@H](CCCCN)NC(=O)[C@H](C)NC(=O)[C@H](CS)NC(=O)CNC(=O)[C@@H]1CCCN1C(=O)[C@H](CC)NC(=O)[C@H](C)NC(=O)[C@H](CC(C)C)NC(=O)[C@H](Cc1ccccc1)NC(=O)[C@H](CCCCN)NC(=O)[C@H](CS)NC(=O)[C@H](C)NC(=O)[C@@H](N)[C@@H](C)CC. The maximum atomic E-state index is 14.6. The van der Waals surface area contributed by atoms with Crippen LogP contribution in [0.5, 0.6) is 5.75 Å². The van der Waals surface area contributed by atoms with Crippen molar-refractivity contribution in [1.82, 2.24) is 111 Å². The molecule has 0 unspecified atom stereocenters. The Bertz CT molecular complexity index is 5140. The van der Waals surface area contributed by atoms with Gasteiger partial charge in [-0.25, -0.2) is 0 Å². The van der Waals surface area contributed by atoms with Gasteiger partial charge in [0.05, 0.1) is 25.6 Å². The van der Waals surface area contributed by atoms with Gasteiger partial charge >= 0.3 is 0 Å². The molecule has 48 nitrogen and oxygen atoms in total. The van der Waals surface area contributed by atoms with Gasteiger partial charge in [0.2, 0.25) is 124 Å². The summed E-state index contributed by atoms with van der Waals surface area (Å²) in [7, 11) is 0. The van der Waals surface area contributed by atoms with E-state index in [2.05, 4.69) is 163 Å². The van der Waals surface area contributed by atoms with Crippen molar-refractivity contribution in [2.24, 2.45) is 34.8 Å². The minimum absolute atomic E-state index is 0.00169. The lowest BCUT2D eigenvalue weighted by Gasteiger charge is -2.29. The first-order chi connectivity index (χ1) is 71.1. The van der Waals surface area contributed by atoms with Crippen molar-refractivity contribution in [1.29, 1.82) is 0 Å². The van der Waals surface area contributed by atoms with E-state index in [-0.39, 0.29) is 107 Å². The molecule has 3 aromatic rings.